The number of aromatic amines is 1. The van der Waals surface area contributed by atoms with E-state index in [1.54, 1.807) is 6.07 Å². The van der Waals surface area contributed by atoms with Crippen LogP contribution in [0.25, 0.3) is 11.4 Å². The first-order chi connectivity index (χ1) is 9.61. The second kappa shape index (κ2) is 4.55. The lowest BCUT2D eigenvalue weighted by atomic mass is 9.69. The van der Waals surface area contributed by atoms with Crippen molar-refractivity contribution >= 4 is 5.97 Å². The van der Waals surface area contributed by atoms with Gasteiger partial charge in [0.2, 0.25) is 5.56 Å². The zero-order valence-corrected chi connectivity index (χ0v) is 10.6. The van der Waals surface area contributed by atoms with E-state index in [1.165, 1.54) is 16.9 Å². The number of hydrogen-bond donors (Lipinski definition) is 2. The first kappa shape index (κ1) is 12.5. The normalized spacial score (nSPS) is 16.6. The molecule has 0 aliphatic heterocycles. The number of rotatable bonds is 4. The van der Waals surface area contributed by atoms with Crippen LogP contribution >= 0.6 is 0 Å². The molecule has 2 aromatic rings. The summed E-state index contributed by atoms with van der Waals surface area (Å²) in [6.07, 6.45) is 3.65. The molecule has 1 aliphatic carbocycles. The van der Waals surface area contributed by atoms with Crippen LogP contribution in [-0.2, 0) is 11.3 Å². The van der Waals surface area contributed by atoms with Gasteiger partial charge in [0.25, 0.3) is 0 Å². The Balaban J connectivity index is 1.95. The van der Waals surface area contributed by atoms with Crippen molar-refractivity contribution in [2.45, 2.75) is 25.8 Å². The highest BCUT2D eigenvalue weighted by atomic mass is 16.4. The molecule has 2 N–H and O–H groups in total. The lowest BCUT2D eigenvalue weighted by molar-refractivity contribution is -0.156. The van der Waals surface area contributed by atoms with E-state index < -0.39 is 11.4 Å². The SMILES string of the molecule is O=C(O)C1(Cn2nnnc2-c2cc[nH]c(=O)c2)CCC1. The summed E-state index contributed by atoms with van der Waals surface area (Å²) < 4.78 is 1.46. The van der Waals surface area contributed by atoms with Crippen LogP contribution in [0.3, 0.4) is 0 Å². The van der Waals surface area contributed by atoms with Gasteiger partial charge in [-0.3, -0.25) is 9.59 Å². The van der Waals surface area contributed by atoms with Gasteiger partial charge < -0.3 is 10.1 Å². The second-order valence-electron chi connectivity index (χ2n) is 5.04. The molecule has 2 aromatic heterocycles. The number of carboxylic acid groups (broad SMARTS) is 1. The molecule has 8 heteroatoms. The molecule has 0 amide bonds. The van der Waals surface area contributed by atoms with E-state index in [2.05, 4.69) is 20.5 Å². The van der Waals surface area contributed by atoms with Crippen molar-refractivity contribution in [3.8, 4) is 11.4 Å². The Hall–Kier alpha value is -2.51. The molecule has 2 heterocycles. The van der Waals surface area contributed by atoms with Gasteiger partial charge in [0.1, 0.15) is 0 Å². The molecule has 20 heavy (non-hydrogen) atoms. The summed E-state index contributed by atoms with van der Waals surface area (Å²) in [7, 11) is 0. The highest BCUT2D eigenvalue weighted by Crippen LogP contribution is 2.42. The third-order valence-corrected chi connectivity index (χ3v) is 3.78. The van der Waals surface area contributed by atoms with E-state index in [9.17, 15) is 14.7 Å². The summed E-state index contributed by atoms with van der Waals surface area (Å²) in [4.78, 5) is 25.2. The number of nitrogens with one attached hydrogen (secondary N) is 1. The van der Waals surface area contributed by atoms with Crippen LogP contribution in [0.1, 0.15) is 19.3 Å². The zero-order chi connectivity index (χ0) is 14.2. The quantitative estimate of drug-likeness (QED) is 0.828. The molecular formula is C12H13N5O3. The monoisotopic (exact) mass is 275 g/mol. The van der Waals surface area contributed by atoms with Crippen LogP contribution < -0.4 is 5.56 Å². The van der Waals surface area contributed by atoms with E-state index in [0.717, 1.165) is 6.42 Å². The number of carbonyl (C=O) groups is 1. The van der Waals surface area contributed by atoms with Gasteiger partial charge in [0, 0.05) is 17.8 Å². The van der Waals surface area contributed by atoms with Crippen LogP contribution in [-0.4, -0.2) is 36.3 Å². The van der Waals surface area contributed by atoms with Crippen molar-refractivity contribution in [3.05, 3.63) is 28.7 Å². The standard InChI is InChI=1S/C12H13N5O3/c18-9-6-8(2-5-13-9)10-14-15-16-17(10)7-12(11(19)20)3-1-4-12/h2,5-6H,1,3-4,7H2,(H,13,18)(H,19,20). The Morgan fingerprint density at radius 2 is 2.30 bits per heavy atom. The van der Waals surface area contributed by atoms with Crippen LogP contribution in [0.4, 0.5) is 0 Å². The van der Waals surface area contributed by atoms with Crippen LogP contribution in [0.15, 0.2) is 23.1 Å². The Labute approximate surface area is 113 Å². The van der Waals surface area contributed by atoms with E-state index in [1.807, 2.05) is 0 Å². The first-order valence-electron chi connectivity index (χ1n) is 6.29. The number of nitrogens with zero attached hydrogens (tertiary/aromatic N) is 4. The fourth-order valence-electron chi connectivity index (χ4n) is 2.43. The molecule has 1 aliphatic rings. The minimum absolute atomic E-state index is 0.220. The molecular weight excluding hydrogens is 262 g/mol. The third kappa shape index (κ3) is 1.98. The highest BCUT2D eigenvalue weighted by Gasteiger charge is 2.45. The topological polar surface area (TPSA) is 114 Å². The molecule has 0 spiro atoms. The van der Waals surface area contributed by atoms with Crippen molar-refractivity contribution in [1.29, 1.82) is 0 Å². The molecule has 0 bridgehead atoms. The maximum absolute atomic E-state index is 11.4. The predicted molar refractivity (Wildman–Crippen MR) is 67.8 cm³/mol. The van der Waals surface area contributed by atoms with Crippen molar-refractivity contribution in [1.82, 2.24) is 25.2 Å². The number of aliphatic carboxylic acids is 1. The number of hydrogen-bond acceptors (Lipinski definition) is 5. The van der Waals surface area contributed by atoms with Crippen molar-refractivity contribution in [3.63, 3.8) is 0 Å². The number of pyridine rings is 1. The molecule has 0 atom stereocenters. The summed E-state index contributed by atoms with van der Waals surface area (Å²) >= 11 is 0. The van der Waals surface area contributed by atoms with Gasteiger partial charge >= 0.3 is 5.97 Å². The van der Waals surface area contributed by atoms with Crippen molar-refractivity contribution < 1.29 is 9.90 Å². The molecule has 0 saturated heterocycles. The minimum Gasteiger partial charge on any atom is -0.481 e. The van der Waals surface area contributed by atoms with Gasteiger partial charge in [0.15, 0.2) is 5.82 Å². The lowest BCUT2D eigenvalue weighted by Crippen LogP contribution is -2.42. The van der Waals surface area contributed by atoms with E-state index in [-0.39, 0.29) is 12.1 Å². The van der Waals surface area contributed by atoms with Gasteiger partial charge in [-0.05, 0) is 29.3 Å². The Kier molecular flexibility index (Phi) is 2.85. The third-order valence-electron chi connectivity index (χ3n) is 3.78. The molecule has 0 aromatic carbocycles. The summed E-state index contributed by atoms with van der Waals surface area (Å²) in [6, 6.07) is 3.06. The fourth-order valence-corrected chi connectivity index (χ4v) is 2.43. The van der Waals surface area contributed by atoms with E-state index in [4.69, 9.17) is 0 Å². The summed E-state index contributed by atoms with van der Waals surface area (Å²) in [6.45, 7) is 0.220. The molecule has 0 unspecified atom stereocenters. The van der Waals surface area contributed by atoms with Gasteiger partial charge in [-0.1, -0.05) is 6.42 Å². The highest BCUT2D eigenvalue weighted by molar-refractivity contribution is 5.75. The minimum atomic E-state index is -0.823. The number of carboxylic acids is 1. The Morgan fingerprint density at radius 3 is 2.90 bits per heavy atom. The summed E-state index contributed by atoms with van der Waals surface area (Å²) in [5, 5.41) is 20.7. The lowest BCUT2D eigenvalue weighted by Gasteiger charge is -2.37. The van der Waals surface area contributed by atoms with Crippen LogP contribution in [0.5, 0.6) is 0 Å². The van der Waals surface area contributed by atoms with Gasteiger partial charge in [-0.25, -0.2) is 4.68 Å². The molecule has 8 nitrogen and oxygen atoms in total. The second-order valence-corrected chi connectivity index (χ2v) is 5.04. The van der Waals surface area contributed by atoms with Gasteiger partial charge in [0.05, 0.1) is 12.0 Å². The average molecular weight is 275 g/mol. The zero-order valence-electron chi connectivity index (χ0n) is 10.6. The Morgan fingerprint density at radius 1 is 1.50 bits per heavy atom. The number of aromatic nitrogens is 5. The maximum Gasteiger partial charge on any atom is 0.311 e. The molecule has 1 saturated carbocycles. The molecule has 1 fully saturated rings. The van der Waals surface area contributed by atoms with E-state index >= 15 is 0 Å². The molecule has 0 radical (unpaired) electrons. The summed E-state index contributed by atoms with van der Waals surface area (Å²) in [5.74, 6) is -0.417. The van der Waals surface area contributed by atoms with E-state index in [0.29, 0.717) is 24.2 Å². The number of tetrazole rings is 1. The summed E-state index contributed by atoms with van der Waals surface area (Å²) in [5.41, 5.74) is -0.474. The Bertz CT molecular complexity index is 701. The van der Waals surface area contributed by atoms with Crippen LogP contribution in [0, 0.1) is 5.41 Å². The van der Waals surface area contributed by atoms with Crippen molar-refractivity contribution in [2.24, 2.45) is 5.41 Å². The van der Waals surface area contributed by atoms with Crippen LogP contribution in [0.2, 0.25) is 0 Å². The molecule has 104 valence electrons. The largest absolute Gasteiger partial charge is 0.481 e. The maximum atomic E-state index is 11.4. The van der Waals surface area contributed by atoms with Crippen molar-refractivity contribution in [2.75, 3.05) is 0 Å². The van der Waals surface area contributed by atoms with Gasteiger partial charge in [-0.2, -0.15) is 0 Å². The number of H-pyrrole nitrogens is 1. The predicted octanol–water partition coefficient (Wildman–Crippen LogP) is 0.283. The smallest absolute Gasteiger partial charge is 0.311 e. The fraction of sp³-hybridized carbons (Fsp3) is 0.417. The molecule has 3 rings (SSSR count). The van der Waals surface area contributed by atoms with Gasteiger partial charge in [-0.15, -0.1) is 5.10 Å². The first-order valence-corrected chi connectivity index (χ1v) is 6.29. The average Bonchev–Trinajstić information content (AvgIpc) is 2.81.